The molecule has 0 spiro atoms. The van der Waals surface area contributed by atoms with Crippen molar-refractivity contribution in [1.29, 1.82) is 0 Å². The summed E-state index contributed by atoms with van der Waals surface area (Å²) in [6, 6.07) is 10.6. The van der Waals surface area contributed by atoms with Gasteiger partial charge in [-0.3, -0.25) is 9.97 Å². The Labute approximate surface area is 336 Å². The zero-order chi connectivity index (χ0) is 43.1. The van der Waals surface area contributed by atoms with Gasteiger partial charge < -0.3 is 5.73 Å². The number of sulfone groups is 1. The van der Waals surface area contributed by atoms with Crippen LogP contribution in [-0.4, -0.2) is 61.8 Å². The Kier molecular flexibility index (Phi) is 19.7. The summed E-state index contributed by atoms with van der Waals surface area (Å²) in [5.74, 6) is -3.49. The smallest absolute Gasteiger partial charge is 0.316 e. The van der Waals surface area contributed by atoms with Crippen LogP contribution in [0.1, 0.15) is 48.1 Å². The quantitative estimate of drug-likeness (QED) is 0.0807. The van der Waals surface area contributed by atoms with Crippen molar-refractivity contribution in [2.75, 3.05) is 22.6 Å². The maximum atomic E-state index is 13.4. The van der Waals surface area contributed by atoms with Crippen LogP contribution in [0.3, 0.4) is 0 Å². The third-order valence-electron chi connectivity index (χ3n) is 7.53. The average molecular weight is 887 g/mol. The second kappa shape index (κ2) is 22.1. The number of aromatic nitrogens is 2. The molecule has 2 aromatic heterocycles. The molecule has 2 N–H and O–H groups in total. The predicted octanol–water partition coefficient (Wildman–Crippen LogP) is 10.9. The van der Waals surface area contributed by atoms with Gasteiger partial charge in [-0.15, -0.1) is 23.2 Å². The van der Waals surface area contributed by atoms with Crippen molar-refractivity contribution in [1.82, 2.24) is 9.97 Å². The highest BCUT2D eigenvalue weighted by molar-refractivity contribution is 8.13. The maximum absolute atomic E-state index is 13.4. The first-order valence-corrected chi connectivity index (χ1v) is 21.2. The number of nitrogens with two attached hydrogens (primary N) is 1. The van der Waals surface area contributed by atoms with E-state index in [-0.39, 0.29) is 28.0 Å². The molecule has 20 heteroatoms. The van der Waals surface area contributed by atoms with Crippen molar-refractivity contribution in [3.05, 3.63) is 118 Å². The van der Waals surface area contributed by atoms with Crippen LogP contribution >= 0.6 is 33.9 Å². The van der Waals surface area contributed by atoms with Gasteiger partial charge in [0, 0.05) is 52.3 Å². The molecule has 0 bridgehead atoms. The number of benzene rings is 2. The lowest BCUT2D eigenvalue weighted by atomic mass is 9.97. The fraction of sp³-hybridized carbons (Fsp3) is 0.333. The monoisotopic (exact) mass is 885 g/mol. The summed E-state index contributed by atoms with van der Waals surface area (Å²) in [7, 11) is -2.32. The number of nitrogens with zero attached hydrogens (tertiary/aromatic N) is 4. The highest BCUT2D eigenvalue weighted by Crippen LogP contribution is 2.38. The van der Waals surface area contributed by atoms with Crippen molar-refractivity contribution in [3.8, 4) is 22.3 Å². The molecule has 0 aliphatic rings. The molecule has 2 unspecified atom stereocenters. The lowest BCUT2D eigenvalue weighted by Gasteiger charge is -2.20. The van der Waals surface area contributed by atoms with Gasteiger partial charge in [-0.1, -0.05) is 50.2 Å². The van der Waals surface area contributed by atoms with Gasteiger partial charge in [0.2, 0.25) is 9.05 Å². The van der Waals surface area contributed by atoms with Crippen LogP contribution in [0.5, 0.6) is 0 Å². The minimum absolute atomic E-state index is 0.00849. The van der Waals surface area contributed by atoms with E-state index in [1.54, 1.807) is 50.2 Å². The normalized spacial score (nSPS) is 12.5. The van der Waals surface area contributed by atoms with Gasteiger partial charge in [0.15, 0.2) is 21.2 Å². The summed E-state index contributed by atoms with van der Waals surface area (Å²) in [5, 5.41) is 0.194. The van der Waals surface area contributed by atoms with Crippen molar-refractivity contribution in [2.45, 2.75) is 52.0 Å². The summed E-state index contributed by atoms with van der Waals surface area (Å²) in [5.41, 5.74) is 9.61. The van der Waals surface area contributed by atoms with Gasteiger partial charge in [-0.25, -0.2) is 26.5 Å². The first kappa shape index (κ1) is 50.0. The van der Waals surface area contributed by atoms with Crippen LogP contribution in [0.4, 0.5) is 37.7 Å². The molecule has 0 radical (unpaired) electrons. The van der Waals surface area contributed by atoms with E-state index in [2.05, 4.69) is 30.3 Å². The predicted molar refractivity (Wildman–Crippen MR) is 209 cm³/mol. The molecular formula is C36H36Cl3F6N5O4S2. The minimum Gasteiger partial charge on any atom is -0.316 e. The lowest BCUT2D eigenvalue weighted by molar-refractivity contribution is -0.149. The third kappa shape index (κ3) is 16.6. The van der Waals surface area contributed by atoms with Crippen molar-refractivity contribution < 1.29 is 43.2 Å². The Morgan fingerprint density at radius 3 is 1.41 bits per heavy atom. The summed E-state index contributed by atoms with van der Waals surface area (Å²) < 4.78 is 121. The molecule has 56 heavy (non-hydrogen) atoms. The zero-order valence-electron chi connectivity index (χ0n) is 30.1. The van der Waals surface area contributed by atoms with Gasteiger partial charge in [0.25, 0.3) is 0 Å². The molecular weight excluding hydrogens is 851 g/mol. The molecule has 0 saturated heterocycles. The highest BCUT2D eigenvalue weighted by Gasteiger charge is 2.43. The Morgan fingerprint density at radius 2 is 1.09 bits per heavy atom. The molecule has 0 fully saturated rings. The van der Waals surface area contributed by atoms with Crippen molar-refractivity contribution in [2.24, 2.45) is 5.73 Å². The standard InChI is InChI=1S/C18H17F3N2O2S.C15H12F3N3.C2H5ClO2S.CH2Cl2/c1-4-26(24,25)11-16(18(19,20)21)15-8-14(9-23-10-15)13-5-6-17(22-3)12(2)7-13;1-9-5-10(3-4-13(9)20-2)11-6-12(8-21-7-11)14(19)15(16,17)18;1-2-6(3,4)5;2-1-3/h5-10,16H,4,11H2,1-2H3;3-8,14H,19H2,1H3;2H2,1H3;1H2. The molecule has 4 rings (SSSR count). The van der Waals surface area contributed by atoms with E-state index in [0.717, 1.165) is 18.0 Å². The number of halogens is 9. The third-order valence-corrected chi connectivity index (χ3v) is 10.6. The summed E-state index contributed by atoms with van der Waals surface area (Å²) >= 11 is 9.53. The van der Waals surface area contributed by atoms with Crippen molar-refractivity contribution >= 4 is 64.1 Å². The van der Waals surface area contributed by atoms with E-state index in [1.807, 2.05) is 0 Å². The van der Waals surface area contributed by atoms with Gasteiger partial charge in [-0.2, -0.15) is 26.3 Å². The van der Waals surface area contributed by atoms with Crippen LogP contribution < -0.4 is 5.73 Å². The Hall–Kier alpha value is -3.97. The van der Waals surface area contributed by atoms with E-state index >= 15 is 0 Å². The molecule has 304 valence electrons. The van der Waals surface area contributed by atoms with Crippen LogP contribution in [-0.2, 0) is 18.9 Å². The number of hydrogen-bond acceptors (Lipinski definition) is 7. The minimum atomic E-state index is -4.70. The molecule has 0 amide bonds. The van der Waals surface area contributed by atoms with Gasteiger partial charge in [-0.05, 0) is 59.4 Å². The Balaban J connectivity index is 0.000000467. The van der Waals surface area contributed by atoms with Gasteiger partial charge in [0.1, 0.15) is 6.04 Å². The summed E-state index contributed by atoms with van der Waals surface area (Å²) in [6.45, 7) is 20.4. The Bertz CT molecular complexity index is 2230. The van der Waals surface area contributed by atoms with Crippen LogP contribution in [0.2, 0.25) is 0 Å². The number of aryl methyl sites for hydroxylation is 2. The lowest BCUT2D eigenvalue weighted by Crippen LogP contribution is -2.29. The Morgan fingerprint density at radius 1 is 0.696 bits per heavy atom. The molecule has 9 nitrogen and oxygen atoms in total. The second-order valence-corrected chi connectivity index (χ2v) is 17.8. The number of hydrogen-bond donors (Lipinski definition) is 1. The molecule has 0 saturated carbocycles. The van der Waals surface area contributed by atoms with Gasteiger partial charge >= 0.3 is 12.4 Å². The van der Waals surface area contributed by atoms with E-state index in [1.165, 1.54) is 38.4 Å². The van der Waals surface area contributed by atoms with Gasteiger partial charge in [0.05, 0.1) is 35.9 Å². The maximum Gasteiger partial charge on any atom is 0.407 e. The fourth-order valence-corrected chi connectivity index (χ4v) is 5.58. The van der Waals surface area contributed by atoms with E-state index in [4.69, 9.17) is 42.1 Å². The van der Waals surface area contributed by atoms with Crippen LogP contribution in [0, 0.1) is 27.0 Å². The first-order valence-electron chi connectivity index (χ1n) is 15.9. The highest BCUT2D eigenvalue weighted by atomic mass is 35.7. The molecule has 2 aromatic carbocycles. The fourth-order valence-electron chi connectivity index (χ4n) is 4.45. The molecule has 0 aliphatic heterocycles. The topological polar surface area (TPSA) is 129 Å². The molecule has 2 atom stereocenters. The molecule has 4 aromatic rings. The van der Waals surface area contributed by atoms with E-state index < -0.39 is 49.0 Å². The number of pyridine rings is 2. The first-order chi connectivity index (χ1) is 25.9. The largest absolute Gasteiger partial charge is 0.407 e. The van der Waals surface area contributed by atoms with Crippen molar-refractivity contribution in [3.63, 3.8) is 0 Å². The number of rotatable bonds is 8. The average Bonchev–Trinajstić information content (AvgIpc) is 3.13. The zero-order valence-corrected chi connectivity index (χ0v) is 34.0. The van der Waals surface area contributed by atoms with E-state index in [0.29, 0.717) is 39.2 Å². The van der Waals surface area contributed by atoms with Crippen LogP contribution in [0.25, 0.3) is 31.9 Å². The second-order valence-electron chi connectivity index (χ2n) is 11.5. The molecule has 0 aliphatic carbocycles. The summed E-state index contributed by atoms with van der Waals surface area (Å²) in [6.07, 6.45) is -4.16. The van der Waals surface area contributed by atoms with Crippen LogP contribution in [0.15, 0.2) is 73.3 Å². The van der Waals surface area contributed by atoms with E-state index in [9.17, 15) is 43.2 Å². The molecule has 2 heterocycles. The number of alkyl halides is 8. The SMILES string of the molecule is CCS(=O)(=O)Cl.ClCCl.[C-]#[N+]c1ccc(-c2cncc(C(CS(=O)(=O)CC)C(F)(F)F)c2)cc1C.[C-]#[N+]c1ccc(-c2cncc(C(N)C(F)(F)F)c2)cc1C. The summed E-state index contributed by atoms with van der Waals surface area (Å²) in [4.78, 5) is 14.4.